The molecule has 0 unspecified atom stereocenters. The molecule has 1 aromatic carbocycles. The molecule has 0 fully saturated rings. The van der Waals surface area contributed by atoms with E-state index in [9.17, 15) is 13.5 Å². The average molecular weight is 279 g/mol. The van der Waals surface area contributed by atoms with Gasteiger partial charge in [-0.3, -0.25) is 0 Å². The van der Waals surface area contributed by atoms with Crippen molar-refractivity contribution in [1.82, 2.24) is 10.0 Å². The maximum Gasteiger partial charge on any atom is 0.212 e. The molecule has 0 spiro atoms. The summed E-state index contributed by atoms with van der Waals surface area (Å²) < 4.78 is 24.4. The first-order chi connectivity index (χ1) is 7.94. The zero-order valence-corrected chi connectivity index (χ0v) is 11.0. The van der Waals surface area contributed by atoms with E-state index < -0.39 is 10.0 Å². The molecular weight excluding hydrogens is 264 g/mol. The van der Waals surface area contributed by atoms with Gasteiger partial charge in [-0.1, -0.05) is 11.6 Å². The van der Waals surface area contributed by atoms with Crippen molar-refractivity contribution in [3.05, 3.63) is 28.8 Å². The standard InChI is InChI=1S/C10H15ClN2O3S/c1-12-17(15,16)5-4-13-7-8-6-9(11)2-3-10(8)14/h2-3,6,12-14H,4-5,7H2,1H3. The molecule has 3 N–H and O–H groups in total. The number of hydrogen-bond acceptors (Lipinski definition) is 4. The molecule has 0 aliphatic carbocycles. The van der Waals surface area contributed by atoms with Crippen LogP contribution in [0, 0.1) is 0 Å². The monoisotopic (exact) mass is 278 g/mol. The van der Waals surface area contributed by atoms with Gasteiger partial charge in [-0.05, 0) is 25.2 Å². The summed E-state index contributed by atoms with van der Waals surface area (Å²) in [5.74, 6) is 0.128. The minimum Gasteiger partial charge on any atom is -0.508 e. The van der Waals surface area contributed by atoms with Crippen LogP contribution < -0.4 is 10.0 Å². The van der Waals surface area contributed by atoms with Crippen molar-refractivity contribution in [2.75, 3.05) is 19.3 Å². The topological polar surface area (TPSA) is 78.4 Å². The Morgan fingerprint density at radius 2 is 2.12 bits per heavy atom. The Morgan fingerprint density at radius 3 is 2.76 bits per heavy atom. The SMILES string of the molecule is CNS(=O)(=O)CCNCc1cc(Cl)ccc1O. The van der Waals surface area contributed by atoms with E-state index in [2.05, 4.69) is 10.0 Å². The number of rotatable bonds is 6. The molecule has 7 heteroatoms. The number of aromatic hydroxyl groups is 1. The van der Waals surface area contributed by atoms with E-state index in [0.29, 0.717) is 23.7 Å². The molecule has 5 nitrogen and oxygen atoms in total. The zero-order chi connectivity index (χ0) is 12.9. The van der Waals surface area contributed by atoms with Crippen LogP contribution in [0.1, 0.15) is 5.56 Å². The molecule has 0 saturated carbocycles. The Bertz CT molecular complexity index is 476. The Labute approximate surface area is 106 Å². The number of phenols is 1. The van der Waals surface area contributed by atoms with Crippen molar-refractivity contribution >= 4 is 21.6 Å². The van der Waals surface area contributed by atoms with E-state index in [1.165, 1.54) is 13.1 Å². The van der Waals surface area contributed by atoms with Crippen molar-refractivity contribution in [3.63, 3.8) is 0 Å². The van der Waals surface area contributed by atoms with Gasteiger partial charge in [0.25, 0.3) is 0 Å². The van der Waals surface area contributed by atoms with Gasteiger partial charge >= 0.3 is 0 Å². The molecule has 17 heavy (non-hydrogen) atoms. The van der Waals surface area contributed by atoms with Crippen LogP contribution in [0.15, 0.2) is 18.2 Å². The summed E-state index contributed by atoms with van der Waals surface area (Å²) in [4.78, 5) is 0. The minimum atomic E-state index is -3.19. The first-order valence-corrected chi connectivity index (χ1v) is 7.07. The maximum atomic E-state index is 11.1. The number of halogens is 1. The van der Waals surface area contributed by atoms with E-state index in [0.717, 1.165) is 0 Å². The molecular formula is C10H15ClN2O3S. The van der Waals surface area contributed by atoms with Gasteiger partial charge in [0.2, 0.25) is 10.0 Å². The van der Waals surface area contributed by atoms with Gasteiger partial charge in [0.15, 0.2) is 0 Å². The normalized spacial score (nSPS) is 11.6. The van der Waals surface area contributed by atoms with Crippen molar-refractivity contribution in [2.24, 2.45) is 0 Å². The lowest BCUT2D eigenvalue weighted by molar-refractivity contribution is 0.465. The summed E-state index contributed by atoms with van der Waals surface area (Å²) in [5.41, 5.74) is 0.638. The second kappa shape index (κ2) is 6.20. The largest absolute Gasteiger partial charge is 0.508 e. The molecule has 0 aliphatic rings. The average Bonchev–Trinajstić information content (AvgIpc) is 2.29. The molecule has 0 bridgehead atoms. The number of sulfonamides is 1. The van der Waals surface area contributed by atoms with Crippen LogP contribution in [0.4, 0.5) is 0 Å². The van der Waals surface area contributed by atoms with Crippen molar-refractivity contribution in [2.45, 2.75) is 6.54 Å². The van der Waals surface area contributed by atoms with Gasteiger partial charge in [0.05, 0.1) is 5.75 Å². The second-order valence-electron chi connectivity index (χ2n) is 3.47. The molecule has 1 aromatic rings. The van der Waals surface area contributed by atoms with Gasteiger partial charge in [0.1, 0.15) is 5.75 Å². The predicted molar refractivity (Wildman–Crippen MR) is 67.7 cm³/mol. The summed E-state index contributed by atoms with van der Waals surface area (Å²) in [5, 5.41) is 13.0. The molecule has 0 aromatic heterocycles. The molecule has 0 saturated heterocycles. The van der Waals surface area contributed by atoms with E-state index >= 15 is 0 Å². The highest BCUT2D eigenvalue weighted by Crippen LogP contribution is 2.20. The fourth-order valence-corrected chi connectivity index (χ4v) is 2.04. The van der Waals surface area contributed by atoms with Gasteiger partial charge < -0.3 is 10.4 Å². The third-order valence-corrected chi connectivity index (χ3v) is 3.81. The van der Waals surface area contributed by atoms with Crippen LogP contribution in [-0.2, 0) is 16.6 Å². The fourth-order valence-electron chi connectivity index (χ4n) is 1.23. The zero-order valence-electron chi connectivity index (χ0n) is 9.40. The van der Waals surface area contributed by atoms with Crippen molar-refractivity contribution < 1.29 is 13.5 Å². The minimum absolute atomic E-state index is 0.00910. The predicted octanol–water partition coefficient (Wildman–Crippen LogP) is 0.684. The fraction of sp³-hybridized carbons (Fsp3) is 0.400. The highest BCUT2D eigenvalue weighted by molar-refractivity contribution is 7.89. The lowest BCUT2D eigenvalue weighted by atomic mass is 10.2. The van der Waals surface area contributed by atoms with E-state index in [-0.39, 0.29) is 11.5 Å². The maximum absolute atomic E-state index is 11.1. The van der Waals surface area contributed by atoms with E-state index in [1.54, 1.807) is 12.1 Å². The Hall–Kier alpha value is -0.820. The lowest BCUT2D eigenvalue weighted by Crippen LogP contribution is -2.29. The second-order valence-corrected chi connectivity index (χ2v) is 5.96. The van der Waals surface area contributed by atoms with Crippen LogP contribution in [0.25, 0.3) is 0 Å². The number of phenolic OH excluding ortho intramolecular Hbond substituents is 1. The summed E-state index contributed by atoms with van der Waals surface area (Å²) >= 11 is 5.78. The summed E-state index contributed by atoms with van der Waals surface area (Å²) in [6.45, 7) is 0.667. The van der Waals surface area contributed by atoms with Crippen LogP contribution in [-0.4, -0.2) is 32.9 Å². The summed E-state index contributed by atoms with van der Waals surface area (Å²) in [6.07, 6.45) is 0. The third kappa shape index (κ3) is 4.91. The summed E-state index contributed by atoms with van der Waals surface area (Å²) in [7, 11) is -1.82. The smallest absolute Gasteiger partial charge is 0.212 e. The van der Waals surface area contributed by atoms with Crippen LogP contribution >= 0.6 is 11.6 Å². The Morgan fingerprint density at radius 1 is 1.41 bits per heavy atom. The highest BCUT2D eigenvalue weighted by atomic mass is 35.5. The Balaban J connectivity index is 2.44. The molecule has 0 radical (unpaired) electrons. The van der Waals surface area contributed by atoms with Crippen LogP contribution in [0.3, 0.4) is 0 Å². The van der Waals surface area contributed by atoms with Gasteiger partial charge in [-0.25, -0.2) is 13.1 Å². The molecule has 0 amide bonds. The van der Waals surface area contributed by atoms with E-state index in [1.807, 2.05) is 0 Å². The van der Waals surface area contributed by atoms with Gasteiger partial charge in [-0.15, -0.1) is 0 Å². The molecule has 0 aliphatic heterocycles. The van der Waals surface area contributed by atoms with Crippen LogP contribution in [0.2, 0.25) is 5.02 Å². The van der Waals surface area contributed by atoms with Crippen LogP contribution in [0.5, 0.6) is 5.75 Å². The van der Waals surface area contributed by atoms with Crippen molar-refractivity contribution in [1.29, 1.82) is 0 Å². The number of nitrogens with one attached hydrogen (secondary N) is 2. The number of benzene rings is 1. The molecule has 1 rings (SSSR count). The highest BCUT2D eigenvalue weighted by Gasteiger charge is 2.06. The molecule has 96 valence electrons. The molecule has 0 heterocycles. The van der Waals surface area contributed by atoms with Gasteiger partial charge in [0, 0.05) is 23.7 Å². The van der Waals surface area contributed by atoms with Gasteiger partial charge in [-0.2, -0.15) is 0 Å². The molecule has 0 atom stereocenters. The first-order valence-electron chi connectivity index (χ1n) is 5.04. The summed E-state index contributed by atoms with van der Waals surface area (Å²) in [6, 6.07) is 4.73. The number of hydrogen-bond donors (Lipinski definition) is 3. The lowest BCUT2D eigenvalue weighted by Gasteiger charge is -2.07. The third-order valence-electron chi connectivity index (χ3n) is 2.22. The first kappa shape index (κ1) is 14.2. The Kier molecular flexibility index (Phi) is 5.20. The van der Waals surface area contributed by atoms with Crippen molar-refractivity contribution in [3.8, 4) is 5.75 Å². The van der Waals surface area contributed by atoms with E-state index in [4.69, 9.17) is 11.6 Å². The quantitative estimate of drug-likeness (QED) is 0.669.